The van der Waals surface area contributed by atoms with E-state index >= 15 is 0 Å². The van der Waals surface area contributed by atoms with Crippen LogP contribution in [0.2, 0.25) is 5.02 Å². The molecule has 0 aliphatic rings. The highest BCUT2D eigenvalue weighted by atomic mass is 35.5. The quantitative estimate of drug-likeness (QED) is 0.211. The summed E-state index contributed by atoms with van der Waals surface area (Å²) in [4.78, 5) is 16.1. The van der Waals surface area contributed by atoms with Gasteiger partial charge in [0.15, 0.2) is 4.96 Å². The van der Waals surface area contributed by atoms with Crippen LogP contribution in [0.5, 0.6) is 0 Å². The van der Waals surface area contributed by atoms with E-state index in [0.29, 0.717) is 21.9 Å². The number of hydrogen-bond donors (Lipinski definition) is 2. The average molecular weight is 450 g/mol. The van der Waals surface area contributed by atoms with Crippen LogP contribution in [0, 0.1) is 10.1 Å². The zero-order chi connectivity index (χ0) is 19.8. The molecule has 0 atom stereocenters. The first-order valence-electron chi connectivity index (χ1n) is 7.92. The Bertz CT molecular complexity index is 1290. The van der Waals surface area contributed by atoms with E-state index in [0.717, 1.165) is 10.2 Å². The second kappa shape index (κ2) is 8.03. The largest absolute Gasteiger partial charge is 0.369 e. The third-order valence-electron chi connectivity index (χ3n) is 3.96. The van der Waals surface area contributed by atoms with Gasteiger partial charge in [-0.3, -0.25) is 14.5 Å². The molecule has 29 heavy (non-hydrogen) atoms. The van der Waals surface area contributed by atoms with E-state index in [9.17, 15) is 10.1 Å². The summed E-state index contributed by atoms with van der Waals surface area (Å²) in [6, 6.07) is 12.3. The number of thiazole rings is 1. The van der Waals surface area contributed by atoms with E-state index in [1.54, 1.807) is 6.07 Å². The number of nitrogens with two attached hydrogens (primary N) is 2. The Kier molecular flexibility index (Phi) is 5.69. The lowest BCUT2D eigenvalue weighted by molar-refractivity contribution is -0.384. The summed E-state index contributed by atoms with van der Waals surface area (Å²) in [5.74, 6) is -0.184. The minimum atomic E-state index is -0.535. The number of nitro benzene ring substituents is 1. The fourth-order valence-corrected chi connectivity index (χ4v) is 4.04. The molecule has 0 spiro atoms. The van der Waals surface area contributed by atoms with Crippen molar-refractivity contribution in [1.29, 1.82) is 0 Å². The van der Waals surface area contributed by atoms with Crippen molar-refractivity contribution in [3.8, 4) is 11.3 Å². The smallest absolute Gasteiger partial charge is 0.288 e. The fraction of sp³-hybridized carbons (Fsp3) is 0. The number of hydrogen-bond acceptors (Lipinski definition) is 6. The Morgan fingerprint density at radius 1 is 1.28 bits per heavy atom. The number of halogens is 2. The van der Waals surface area contributed by atoms with Crippen molar-refractivity contribution in [3.63, 3.8) is 0 Å². The van der Waals surface area contributed by atoms with Crippen molar-refractivity contribution in [2.75, 3.05) is 0 Å². The summed E-state index contributed by atoms with van der Waals surface area (Å²) in [5, 5.41) is 18.9. The van der Waals surface area contributed by atoms with Gasteiger partial charge in [0.1, 0.15) is 5.02 Å². The summed E-state index contributed by atoms with van der Waals surface area (Å²) in [7, 11) is 0. The standard InChI is InChI=1S/C17H12ClN7O2S.ClH/c18-10-6-5-9(7-12(10)25(26)27)15-13(8-21-23-16(19)20)24-11-3-1-2-4-14(11)28-17(24)22-15;/h1-8H,(H4,19,20,23);1H/b21-8+;. The van der Waals surface area contributed by atoms with Crippen molar-refractivity contribution in [1.82, 2.24) is 9.38 Å². The van der Waals surface area contributed by atoms with Gasteiger partial charge in [0.25, 0.3) is 5.69 Å². The topological polar surface area (TPSA) is 137 Å². The molecule has 0 fully saturated rings. The Morgan fingerprint density at radius 3 is 2.76 bits per heavy atom. The molecule has 0 saturated heterocycles. The number of fused-ring (bicyclic) bond motifs is 3. The Morgan fingerprint density at radius 2 is 2.03 bits per heavy atom. The predicted molar refractivity (Wildman–Crippen MR) is 118 cm³/mol. The highest BCUT2D eigenvalue weighted by molar-refractivity contribution is 7.23. The zero-order valence-electron chi connectivity index (χ0n) is 14.5. The number of rotatable bonds is 4. The maximum atomic E-state index is 11.3. The van der Waals surface area contributed by atoms with Crippen molar-refractivity contribution >= 4 is 68.4 Å². The highest BCUT2D eigenvalue weighted by Crippen LogP contribution is 2.35. The van der Waals surface area contributed by atoms with Gasteiger partial charge < -0.3 is 11.5 Å². The van der Waals surface area contributed by atoms with Crippen LogP contribution < -0.4 is 11.5 Å². The second-order valence-corrected chi connectivity index (χ2v) is 7.14. The van der Waals surface area contributed by atoms with Crippen LogP contribution in [-0.4, -0.2) is 26.5 Å². The number of benzene rings is 2. The van der Waals surface area contributed by atoms with Gasteiger partial charge in [-0.1, -0.05) is 41.1 Å². The first kappa shape index (κ1) is 20.5. The molecule has 0 radical (unpaired) electrons. The van der Waals surface area contributed by atoms with Gasteiger partial charge in [-0.25, -0.2) is 4.98 Å². The molecule has 2 aromatic heterocycles. The molecule has 2 heterocycles. The molecule has 12 heteroatoms. The predicted octanol–water partition coefficient (Wildman–Crippen LogP) is 3.81. The van der Waals surface area contributed by atoms with Gasteiger partial charge in [0.05, 0.1) is 32.7 Å². The van der Waals surface area contributed by atoms with Crippen molar-refractivity contribution < 1.29 is 4.92 Å². The summed E-state index contributed by atoms with van der Waals surface area (Å²) < 4.78 is 2.94. The van der Waals surface area contributed by atoms with Gasteiger partial charge in [-0.2, -0.15) is 5.10 Å². The molecular weight excluding hydrogens is 437 g/mol. The van der Waals surface area contributed by atoms with Crippen molar-refractivity contribution in [2.24, 2.45) is 21.7 Å². The van der Waals surface area contributed by atoms with Crippen LogP contribution in [0.1, 0.15) is 5.69 Å². The number of nitro groups is 1. The lowest BCUT2D eigenvalue weighted by Gasteiger charge is -2.02. The first-order chi connectivity index (χ1) is 13.5. The Labute approximate surface area is 178 Å². The Hall–Kier alpha value is -3.21. The molecule has 4 N–H and O–H groups in total. The van der Waals surface area contributed by atoms with E-state index in [1.165, 1.54) is 29.7 Å². The van der Waals surface area contributed by atoms with Crippen LogP contribution in [-0.2, 0) is 0 Å². The van der Waals surface area contributed by atoms with Crippen LogP contribution in [0.4, 0.5) is 5.69 Å². The molecule has 0 unspecified atom stereocenters. The molecule has 2 aromatic carbocycles. The number of para-hydroxylation sites is 1. The van der Waals surface area contributed by atoms with Gasteiger partial charge in [0.2, 0.25) is 5.96 Å². The number of guanidine groups is 1. The highest BCUT2D eigenvalue weighted by Gasteiger charge is 2.20. The third kappa shape index (κ3) is 3.73. The molecule has 0 aliphatic carbocycles. The van der Waals surface area contributed by atoms with Gasteiger partial charge in [-0.15, -0.1) is 17.5 Å². The number of aromatic nitrogens is 2. The summed E-state index contributed by atoms with van der Waals surface area (Å²) in [6.07, 6.45) is 1.47. The molecule has 0 bridgehead atoms. The van der Waals surface area contributed by atoms with Crippen molar-refractivity contribution in [3.05, 3.63) is 63.3 Å². The fourth-order valence-electron chi connectivity index (χ4n) is 2.82. The van der Waals surface area contributed by atoms with E-state index in [2.05, 4.69) is 15.2 Å². The van der Waals surface area contributed by atoms with Gasteiger partial charge in [0, 0.05) is 11.6 Å². The van der Waals surface area contributed by atoms with Gasteiger partial charge in [-0.05, 0) is 18.2 Å². The van der Waals surface area contributed by atoms with Crippen LogP contribution >= 0.6 is 35.3 Å². The Balaban J connectivity index is 0.00000240. The van der Waals surface area contributed by atoms with Gasteiger partial charge >= 0.3 is 0 Å². The van der Waals surface area contributed by atoms with E-state index in [-0.39, 0.29) is 29.1 Å². The minimum absolute atomic E-state index is 0. The lowest BCUT2D eigenvalue weighted by Crippen LogP contribution is -2.21. The number of imidazole rings is 1. The third-order valence-corrected chi connectivity index (χ3v) is 5.30. The SMILES string of the molecule is Cl.NC(N)=N/N=C/c1c(-c2ccc(Cl)c([N+](=O)[O-])c2)nc2sc3ccccc3n12. The van der Waals surface area contributed by atoms with Crippen molar-refractivity contribution in [2.45, 2.75) is 0 Å². The van der Waals surface area contributed by atoms with Crippen LogP contribution in [0.15, 0.2) is 52.7 Å². The molecular formula is C17H13Cl2N7O2S. The van der Waals surface area contributed by atoms with E-state index in [4.69, 9.17) is 23.1 Å². The molecule has 148 valence electrons. The van der Waals surface area contributed by atoms with Crippen LogP contribution in [0.3, 0.4) is 0 Å². The first-order valence-corrected chi connectivity index (χ1v) is 9.11. The zero-order valence-corrected chi connectivity index (χ0v) is 16.9. The summed E-state index contributed by atoms with van der Waals surface area (Å²) in [6.45, 7) is 0. The maximum Gasteiger partial charge on any atom is 0.288 e. The molecule has 0 amide bonds. The monoisotopic (exact) mass is 449 g/mol. The molecule has 4 rings (SSSR count). The summed E-state index contributed by atoms with van der Waals surface area (Å²) in [5.41, 5.74) is 13.0. The van der Waals surface area contributed by atoms with E-state index in [1.807, 2.05) is 28.7 Å². The molecule has 4 aromatic rings. The minimum Gasteiger partial charge on any atom is -0.369 e. The lowest BCUT2D eigenvalue weighted by atomic mass is 10.1. The molecule has 0 saturated carbocycles. The number of nitrogens with zero attached hydrogens (tertiary/aromatic N) is 5. The second-order valence-electron chi connectivity index (χ2n) is 5.73. The van der Waals surface area contributed by atoms with Crippen LogP contribution in [0.25, 0.3) is 26.4 Å². The van der Waals surface area contributed by atoms with E-state index < -0.39 is 4.92 Å². The normalized spacial score (nSPS) is 11.1. The average Bonchev–Trinajstić information content (AvgIpc) is 3.18. The summed E-state index contributed by atoms with van der Waals surface area (Å²) >= 11 is 7.43. The molecule has 9 nitrogen and oxygen atoms in total. The molecule has 0 aliphatic heterocycles. The maximum absolute atomic E-state index is 11.3.